The molecule has 136 valence electrons. The molecular weight excluding hydrogens is 321 g/mol. The summed E-state index contributed by atoms with van der Waals surface area (Å²) in [7, 11) is 0. The number of rotatable bonds is 3. The van der Waals surface area contributed by atoms with Gasteiger partial charge in [-0.05, 0) is 38.5 Å². The summed E-state index contributed by atoms with van der Waals surface area (Å²) in [6, 6.07) is 0.657. The largest absolute Gasteiger partial charge is 0.471 e. The molecule has 0 aromatic heterocycles. The van der Waals surface area contributed by atoms with Gasteiger partial charge in [0.05, 0.1) is 0 Å². The second kappa shape index (κ2) is 6.92. The minimum absolute atomic E-state index is 0.0257. The first kappa shape index (κ1) is 17.5. The Kier molecular flexibility index (Phi) is 5.06. The number of amides is 2. The van der Waals surface area contributed by atoms with Gasteiger partial charge in [-0.1, -0.05) is 19.3 Å². The van der Waals surface area contributed by atoms with Crippen LogP contribution in [0.15, 0.2) is 0 Å². The van der Waals surface area contributed by atoms with Gasteiger partial charge in [-0.25, -0.2) is 0 Å². The lowest BCUT2D eigenvalue weighted by atomic mass is 9.90. The number of halogens is 3. The molecule has 0 aromatic carbocycles. The molecule has 3 aliphatic rings. The van der Waals surface area contributed by atoms with Gasteiger partial charge in [0.1, 0.15) is 0 Å². The molecule has 0 bridgehead atoms. The van der Waals surface area contributed by atoms with Gasteiger partial charge in [0.15, 0.2) is 0 Å². The van der Waals surface area contributed by atoms with Gasteiger partial charge in [0.25, 0.3) is 0 Å². The molecule has 0 unspecified atom stereocenters. The van der Waals surface area contributed by atoms with Crippen LogP contribution in [0, 0.1) is 5.92 Å². The van der Waals surface area contributed by atoms with E-state index < -0.39 is 12.1 Å². The molecule has 0 radical (unpaired) electrons. The minimum Gasteiger partial charge on any atom is -0.336 e. The number of hydrogen-bond donors (Lipinski definition) is 0. The Morgan fingerprint density at radius 2 is 1.38 bits per heavy atom. The third kappa shape index (κ3) is 3.86. The second-order valence-corrected chi connectivity index (χ2v) is 7.33. The van der Waals surface area contributed by atoms with E-state index in [4.69, 9.17) is 0 Å². The molecule has 0 atom stereocenters. The number of alkyl halides is 3. The predicted molar refractivity (Wildman–Crippen MR) is 82.1 cm³/mol. The van der Waals surface area contributed by atoms with E-state index in [1.54, 1.807) is 0 Å². The fourth-order valence-electron chi connectivity index (χ4n) is 4.09. The molecule has 2 amide bonds. The number of piperidine rings is 1. The van der Waals surface area contributed by atoms with Gasteiger partial charge < -0.3 is 9.80 Å². The van der Waals surface area contributed by atoms with Gasteiger partial charge in [0.2, 0.25) is 5.91 Å². The first-order valence-electron chi connectivity index (χ1n) is 9.06. The average molecular weight is 346 g/mol. The van der Waals surface area contributed by atoms with Crippen LogP contribution >= 0.6 is 0 Å². The van der Waals surface area contributed by atoms with Gasteiger partial charge >= 0.3 is 12.1 Å². The summed E-state index contributed by atoms with van der Waals surface area (Å²) < 4.78 is 37.5. The van der Waals surface area contributed by atoms with Crippen LogP contribution in [-0.2, 0) is 9.59 Å². The maximum Gasteiger partial charge on any atom is 0.471 e. The number of hydrogen-bond acceptors (Lipinski definition) is 2. The average Bonchev–Trinajstić information content (AvgIpc) is 3.39. The standard InChI is InChI=1S/C17H25F3N2O2/c18-17(19,20)16(24)21-10-8-12(9-11-21)15(23)22(14-6-7-14)13-4-2-1-3-5-13/h12-14H,1-11H2. The van der Waals surface area contributed by atoms with Crippen LogP contribution < -0.4 is 0 Å². The van der Waals surface area contributed by atoms with Gasteiger partial charge in [-0.2, -0.15) is 13.2 Å². The van der Waals surface area contributed by atoms with E-state index in [2.05, 4.69) is 4.90 Å². The van der Waals surface area contributed by atoms with Crippen LogP contribution in [0.3, 0.4) is 0 Å². The number of carbonyl (C=O) groups excluding carboxylic acids is 2. The smallest absolute Gasteiger partial charge is 0.336 e. The normalized spacial score (nSPS) is 24.0. The second-order valence-electron chi connectivity index (χ2n) is 7.33. The summed E-state index contributed by atoms with van der Waals surface area (Å²) in [6.45, 7) is 0.0514. The fraction of sp³-hybridized carbons (Fsp3) is 0.882. The van der Waals surface area contributed by atoms with Crippen molar-refractivity contribution in [1.82, 2.24) is 9.80 Å². The Balaban J connectivity index is 1.58. The first-order chi connectivity index (χ1) is 11.4. The Morgan fingerprint density at radius 1 is 0.833 bits per heavy atom. The van der Waals surface area contributed by atoms with Gasteiger partial charge in [-0.3, -0.25) is 9.59 Å². The summed E-state index contributed by atoms with van der Waals surface area (Å²) in [5.74, 6) is -1.90. The highest BCUT2D eigenvalue weighted by Crippen LogP contribution is 2.36. The van der Waals surface area contributed by atoms with Crippen LogP contribution in [0.2, 0.25) is 0 Å². The third-order valence-electron chi connectivity index (χ3n) is 5.54. The molecule has 3 fully saturated rings. The van der Waals surface area contributed by atoms with Crippen molar-refractivity contribution >= 4 is 11.8 Å². The highest BCUT2D eigenvalue weighted by Gasteiger charge is 2.45. The number of nitrogens with zero attached hydrogens (tertiary/aromatic N) is 2. The zero-order valence-electron chi connectivity index (χ0n) is 13.9. The summed E-state index contributed by atoms with van der Waals surface area (Å²) in [4.78, 5) is 27.2. The number of carbonyl (C=O) groups is 2. The lowest BCUT2D eigenvalue weighted by molar-refractivity contribution is -0.187. The van der Waals surface area contributed by atoms with E-state index in [9.17, 15) is 22.8 Å². The van der Waals surface area contributed by atoms with Crippen LogP contribution in [-0.4, -0.2) is 53.0 Å². The van der Waals surface area contributed by atoms with Crippen molar-refractivity contribution in [2.24, 2.45) is 5.92 Å². The van der Waals surface area contributed by atoms with E-state index in [0.717, 1.165) is 43.4 Å². The van der Waals surface area contributed by atoms with Crippen molar-refractivity contribution in [3.8, 4) is 0 Å². The maximum absolute atomic E-state index is 13.0. The van der Waals surface area contributed by atoms with Gasteiger partial charge in [0, 0.05) is 31.1 Å². The molecule has 2 saturated carbocycles. The Hall–Kier alpha value is -1.27. The predicted octanol–water partition coefficient (Wildman–Crippen LogP) is 3.11. The van der Waals surface area contributed by atoms with Crippen molar-refractivity contribution in [2.45, 2.75) is 76.0 Å². The van der Waals surface area contributed by atoms with Crippen LogP contribution in [0.1, 0.15) is 57.8 Å². The molecule has 1 saturated heterocycles. The fourth-order valence-corrected chi connectivity index (χ4v) is 4.09. The van der Waals surface area contributed by atoms with Crippen molar-refractivity contribution < 1.29 is 22.8 Å². The molecular formula is C17H25F3N2O2. The Labute approximate surface area is 140 Å². The number of likely N-dealkylation sites (tertiary alicyclic amines) is 1. The monoisotopic (exact) mass is 346 g/mol. The van der Waals surface area contributed by atoms with Crippen molar-refractivity contribution in [2.75, 3.05) is 13.1 Å². The van der Waals surface area contributed by atoms with Gasteiger partial charge in [-0.15, -0.1) is 0 Å². The molecule has 24 heavy (non-hydrogen) atoms. The first-order valence-corrected chi connectivity index (χ1v) is 9.06. The van der Waals surface area contributed by atoms with E-state index in [0.29, 0.717) is 24.9 Å². The highest BCUT2D eigenvalue weighted by atomic mass is 19.4. The molecule has 7 heteroatoms. The zero-order chi connectivity index (χ0) is 17.3. The van der Waals surface area contributed by atoms with Crippen LogP contribution in [0.4, 0.5) is 13.2 Å². The molecule has 0 aromatic rings. The molecule has 1 aliphatic heterocycles. The van der Waals surface area contributed by atoms with E-state index in [1.165, 1.54) is 6.42 Å². The molecule has 0 N–H and O–H groups in total. The molecule has 4 nitrogen and oxygen atoms in total. The summed E-state index contributed by atoms with van der Waals surface area (Å²) >= 11 is 0. The SMILES string of the molecule is O=C(C1CCN(C(=O)C(F)(F)F)CC1)N(C1CCCCC1)C1CC1. The Morgan fingerprint density at radius 3 is 1.88 bits per heavy atom. The summed E-state index contributed by atoms with van der Waals surface area (Å²) in [6.07, 6.45) is 3.59. The molecule has 2 aliphatic carbocycles. The van der Waals surface area contributed by atoms with Crippen molar-refractivity contribution in [3.63, 3.8) is 0 Å². The lowest BCUT2D eigenvalue weighted by Crippen LogP contribution is -2.50. The summed E-state index contributed by atoms with van der Waals surface area (Å²) in [5, 5.41) is 0. The Bertz CT molecular complexity index is 477. The van der Waals surface area contributed by atoms with E-state index in [1.807, 2.05) is 0 Å². The van der Waals surface area contributed by atoms with Crippen molar-refractivity contribution in [1.29, 1.82) is 0 Å². The zero-order valence-corrected chi connectivity index (χ0v) is 13.9. The summed E-state index contributed by atoms with van der Waals surface area (Å²) in [5.41, 5.74) is 0. The lowest BCUT2D eigenvalue weighted by Gasteiger charge is -2.39. The molecule has 0 spiro atoms. The van der Waals surface area contributed by atoms with E-state index in [-0.39, 0.29) is 24.9 Å². The molecule has 1 heterocycles. The van der Waals surface area contributed by atoms with Crippen LogP contribution in [0.25, 0.3) is 0 Å². The van der Waals surface area contributed by atoms with E-state index >= 15 is 0 Å². The van der Waals surface area contributed by atoms with Crippen molar-refractivity contribution in [3.05, 3.63) is 0 Å². The van der Waals surface area contributed by atoms with Crippen LogP contribution in [0.5, 0.6) is 0 Å². The highest BCUT2D eigenvalue weighted by molar-refractivity contribution is 5.83. The quantitative estimate of drug-likeness (QED) is 0.788. The maximum atomic E-state index is 13.0. The topological polar surface area (TPSA) is 40.6 Å². The third-order valence-corrected chi connectivity index (χ3v) is 5.54. The molecule has 3 rings (SSSR count). The minimum atomic E-state index is -4.82.